The number of rotatable bonds is 2. The Morgan fingerprint density at radius 1 is 1.20 bits per heavy atom. The van der Waals surface area contributed by atoms with Gasteiger partial charge in [-0.2, -0.15) is 0 Å². The highest BCUT2D eigenvalue weighted by molar-refractivity contribution is 6.01. The number of hydrogen-bond acceptors (Lipinski definition) is 4. The molecule has 3 aliphatic rings. The van der Waals surface area contributed by atoms with E-state index in [1.54, 1.807) is 0 Å². The van der Waals surface area contributed by atoms with Crippen molar-refractivity contribution in [2.45, 2.75) is 19.3 Å². The van der Waals surface area contributed by atoms with Crippen molar-refractivity contribution >= 4 is 11.9 Å². The summed E-state index contributed by atoms with van der Waals surface area (Å²) in [6, 6.07) is 0. The molecule has 106 valence electrons. The van der Waals surface area contributed by atoms with Gasteiger partial charge in [0.2, 0.25) is 0 Å². The fraction of sp³-hybridized carbons (Fsp3) is 0.500. The van der Waals surface area contributed by atoms with E-state index in [2.05, 4.69) is 18.2 Å². The molecular weight excluding hydrogens is 256 g/mol. The lowest BCUT2D eigenvalue weighted by atomic mass is 9.76. The number of esters is 2. The molecule has 0 amide bonds. The van der Waals surface area contributed by atoms with Gasteiger partial charge in [0.1, 0.15) is 0 Å². The van der Waals surface area contributed by atoms with Crippen molar-refractivity contribution in [3.8, 4) is 0 Å². The van der Waals surface area contributed by atoms with E-state index in [1.807, 2.05) is 12.2 Å². The second kappa shape index (κ2) is 4.33. The molecule has 2 bridgehead atoms. The van der Waals surface area contributed by atoms with Gasteiger partial charge in [-0.05, 0) is 25.2 Å². The van der Waals surface area contributed by atoms with Crippen LogP contribution in [-0.2, 0) is 19.1 Å². The van der Waals surface area contributed by atoms with Crippen molar-refractivity contribution in [2.75, 3.05) is 14.2 Å². The Kier molecular flexibility index (Phi) is 2.85. The summed E-state index contributed by atoms with van der Waals surface area (Å²) in [7, 11) is 2.64. The van der Waals surface area contributed by atoms with Crippen molar-refractivity contribution in [1.29, 1.82) is 0 Å². The van der Waals surface area contributed by atoms with E-state index in [1.165, 1.54) is 19.8 Å². The van der Waals surface area contributed by atoms with Gasteiger partial charge >= 0.3 is 11.9 Å². The van der Waals surface area contributed by atoms with Crippen molar-refractivity contribution in [1.82, 2.24) is 0 Å². The number of ether oxygens (including phenoxy) is 2. The smallest absolute Gasteiger partial charge is 0.323 e. The third kappa shape index (κ3) is 1.60. The Morgan fingerprint density at radius 3 is 2.55 bits per heavy atom. The lowest BCUT2D eigenvalue weighted by molar-refractivity contribution is -0.169. The molecule has 0 N–H and O–H groups in total. The van der Waals surface area contributed by atoms with Crippen molar-refractivity contribution in [3.63, 3.8) is 0 Å². The Balaban J connectivity index is 2.05. The molecule has 1 saturated carbocycles. The number of hydrogen-bond donors (Lipinski definition) is 0. The quantitative estimate of drug-likeness (QED) is 0.440. The van der Waals surface area contributed by atoms with Gasteiger partial charge in [-0.15, -0.1) is 0 Å². The van der Waals surface area contributed by atoms with Crippen LogP contribution in [-0.4, -0.2) is 26.2 Å². The fourth-order valence-corrected chi connectivity index (χ4v) is 3.95. The highest BCUT2D eigenvalue weighted by Crippen LogP contribution is 2.61. The zero-order valence-corrected chi connectivity index (χ0v) is 11.7. The maximum absolute atomic E-state index is 12.2. The van der Waals surface area contributed by atoms with E-state index in [0.29, 0.717) is 18.8 Å². The van der Waals surface area contributed by atoms with E-state index in [-0.39, 0.29) is 5.41 Å². The van der Waals surface area contributed by atoms with Crippen LogP contribution in [0.5, 0.6) is 0 Å². The zero-order valence-electron chi connectivity index (χ0n) is 11.7. The monoisotopic (exact) mass is 274 g/mol. The molecule has 1 spiro atoms. The van der Waals surface area contributed by atoms with Crippen LogP contribution in [0, 0.1) is 16.7 Å². The summed E-state index contributed by atoms with van der Waals surface area (Å²) in [6.07, 6.45) is 12.3. The molecule has 0 aliphatic heterocycles. The lowest BCUT2D eigenvalue weighted by Gasteiger charge is -2.27. The first-order chi connectivity index (χ1) is 9.56. The fourth-order valence-electron chi connectivity index (χ4n) is 3.95. The predicted molar refractivity (Wildman–Crippen MR) is 72.6 cm³/mol. The number of allylic oxidation sites excluding steroid dienone is 6. The normalized spacial score (nSPS) is 32.3. The summed E-state index contributed by atoms with van der Waals surface area (Å²) in [5.41, 5.74) is -0.218. The van der Waals surface area contributed by atoms with Gasteiger partial charge in [-0.25, -0.2) is 0 Å². The Bertz CT molecular complexity index is 539. The third-order valence-corrected chi connectivity index (χ3v) is 4.80. The van der Waals surface area contributed by atoms with E-state index < -0.39 is 17.4 Å². The van der Waals surface area contributed by atoms with Crippen molar-refractivity contribution in [2.24, 2.45) is 16.7 Å². The minimum absolute atomic E-state index is 0.198. The summed E-state index contributed by atoms with van der Waals surface area (Å²) in [6.45, 7) is 0. The molecular formula is C16H18O4. The topological polar surface area (TPSA) is 52.6 Å². The molecule has 0 heterocycles. The summed E-state index contributed by atoms with van der Waals surface area (Å²) in [5, 5.41) is 0. The first-order valence-electron chi connectivity index (χ1n) is 6.80. The maximum atomic E-state index is 12.2. The number of carbonyl (C=O) groups is 2. The highest BCUT2D eigenvalue weighted by atomic mass is 16.5. The van der Waals surface area contributed by atoms with Crippen molar-refractivity contribution in [3.05, 3.63) is 36.0 Å². The average Bonchev–Trinajstić information content (AvgIpc) is 2.81. The summed E-state index contributed by atoms with van der Waals surface area (Å²) in [5.74, 6) is -0.583. The molecule has 4 nitrogen and oxygen atoms in total. The second-order valence-corrected chi connectivity index (χ2v) is 5.88. The highest BCUT2D eigenvalue weighted by Gasteiger charge is 2.62. The molecule has 4 heteroatoms. The largest absolute Gasteiger partial charge is 0.468 e. The van der Waals surface area contributed by atoms with Gasteiger partial charge in [0.05, 0.1) is 14.2 Å². The minimum atomic E-state index is -1.19. The predicted octanol–water partition coefficient (Wildman–Crippen LogP) is 2.17. The molecule has 1 fully saturated rings. The SMILES string of the molecule is COC(=O)C1(C(=O)OC)CC2=C[C@@H]3C=CC=C[C@@]2(C3)C1. The van der Waals surface area contributed by atoms with E-state index in [0.717, 1.165) is 6.42 Å². The maximum Gasteiger partial charge on any atom is 0.323 e. The van der Waals surface area contributed by atoms with Crippen LogP contribution in [0.4, 0.5) is 0 Å². The molecule has 0 radical (unpaired) electrons. The standard InChI is InChI=1S/C16H18O4/c1-19-13(17)16(14(18)20-2)9-12-7-11-5-3-4-6-15(12,8-11)10-16/h3-7,11H,8-10H2,1-2H3/t11-,15+/m0/s1. The molecule has 3 aliphatic carbocycles. The van der Waals surface area contributed by atoms with Crippen LogP contribution in [0.2, 0.25) is 0 Å². The van der Waals surface area contributed by atoms with E-state index >= 15 is 0 Å². The molecule has 0 aromatic heterocycles. The van der Waals surface area contributed by atoms with Crippen LogP contribution >= 0.6 is 0 Å². The minimum Gasteiger partial charge on any atom is -0.468 e. The Morgan fingerprint density at radius 2 is 1.90 bits per heavy atom. The van der Waals surface area contributed by atoms with E-state index in [9.17, 15) is 9.59 Å². The molecule has 0 aromatic carbocycles. The van der Waals surface area contributed by atoms with Crippen molar-refractivity contribution < 1.29 is 19.1 Å². The first kappa shape index (κ1) is 13.2. The molecule has 3 rings (SSSR count). The Hall–Kier alpha value is -1.84. The Labute approximate surface area is 118 Å². The number of fused-ring (bicyclic) bond motifs is 1. The van der Waals surface area contributed by atoms with Gasteiger partial charge < -0.3 is 9.47 Å². The van der Waals surface area contributed by atoms with Crippen LogP contribution in [0.25, 0.3) is 0 Å². The van der Waals surface area contributed by atoms with Gasteiger partial charge in [0.25, 0.3) is 0 Å². The van der Waals surface area contributed by atoms with Gasteiger partial charge in [0.15, 0.2) is 5.41 Å². The van der Waals surface area contributed by atoms with Gasteiger partial charge in [0, 0.05) is 5.41 Å². The van der Waals surface area contributed by atoms with Crippen LogP contribution in [0.15, 0.2) is 36.0 Å². The number of methoxy groups -OCH3 is 2. The summed E-state index contributed by atoms with van der Waals surface area (Å²) >= 11 is 0. The molecule has 0 unspecified atom stereocenters. The van der Waals surface area contributed by atoms with Gasteiger partial charge in [-0.3, -0.25) is 9.59 Å². The van der Waals surface area contributed by atoms with Crippen LogP contribution in [0.3, 0.4) is 0 Å². The average molecular weight is 274 g/mol. The van der Waals surface area contributed by atoms with Crippen LogP contribution < -0.4 is 0 Å². The molecule has 20 heavy (non-hydrogen) atoms. The van der Waals surface area contributed by atoms with Crippen LogP contribution in [0.1, 0.15) is 19.3 Å². The molecule has 2 atom stereocenters. The molecule has 0 saturated heterocycles. The number of carbonyl (C=O) groups excluding carboxylic acids is 2. The third-order valence-electron chi connectivity index (χ3n) is 4.80. The summed E-state index contributed by atoms with van der Waals surface area (Å²) < 4.78 is 9.77. The lowest BCUT2D eigenvalue weighted by Crippen LogP contribution is -2.40. The zero-order chi connectivity index (χ0) is 14.4. The van der Waals surface area contributed by atoms with Gasteiger partial charge in [-0.1, -0.05) is 36.0 Å². The summed E-state index contributed by atoms with van der Waals surface area (Å²) in [4.78, 5) is 24.4. The van der Waals surface area contributed by atoms with E-state index in [4.69, 9.17) is 9.47 Å². The molecule has 0 aromatic rings. The first-order valence-corrected chi connectivity index (χ1v) is 6.80. The second-order valence-electron chi connectivity index (χ2n) is 5.88.